The minimum absolute atomic E-state index is 0.137. The third-order valence-corrected chi connectivity index (χ3v) is 5.36. The number of rotatable bonds is 5. The summed E-state index contributed by atoms with van der Waals surface area (Å²) in [7, 11) is 3.58. The van der Waals surface area contributed by atoms with Crippen LogP contribution in [0.3, 0.4) is 0 Å². The van der Waals surface area contributed by atoms with E-state index in [-0.39, 0.29) is 5.91 Å². The minimum Gasteiger partial charge on any atom is -0.349 e. The van der Waals surface area contributed by atoms with Crippen molar-refractivity contribution >= 4 is 16.8 Å². The largest absolute Gasteiger partial charge is 0.349 e. The van der Waals surface area contributed by atoms with Crippen LogP contribution in [0.4, 0.5) is 0 Å². The SMILES string of the molecule is CN(C)C(=O)CCc1ccc2c(C3CC3)cc(-c3ccc(C#N)cc3)nc2c1. The van der Waals surface area contributed by atoms with E-state index in [1.165, 1.54) is 23.8 Å². The number of carbonyl (C=O) groups excluding carboxylic acids is 1. The van der Waals surface area contributed by atoms with E-state index < -0.39 is 0 Å². The van der Waals surface area contributed by atoms with Crippen LogP contribution in [0, 0.1) is 11.3 Å². The van der Waals surface area contributed by atoms with Crippen LogP contribution in [0.1, 0.15) is 41.9 Å². The number of aryl methyl sites for hydroxylation is 1. The molecule has 1 aromatic heterocycles. The smallest absolute Gasteiger partial charge is 0.222 e. The maximum absolute atomic E-state index is 11.9. The van der Waals surface area contributed by atoms with E-state index in [0.29, 0.717) is 24.3 Å². The Labute approximate surface area is 165 Å². The van der Waals surface area contributed by atoms with Gasteiger partial charge < -0.3 is 4.90 Å². The van der Waals surface area contributed by atoms with Gasteiger partial charge in [-0.25, -0.2) is 4.98 Å². The van der Waals surface area contributed by atoms with Crippen molar-refractivity contribution in [2.24, 2.45) is 0 Å². The number of hydrogen-bond donors (Lipinski definition) is 0. The van der Waals surface area contributed by atoms with E-state index in [4.69, 9.17) is 10.2 Å². The molecule has 0 aliphatic heterocycles. The number of amides is 1. The predicted molar refractivity (Wildman–Crippen MR) is 111 cm³/mol. The molecule has 1 amide bonds. The molecule has 0 atom stereocenters. The van der Waals surface area contributed by atoms with Crippen molar-refractivity contribution in [3.8, 4) is 17.3 Å². The first-order chi connectivity index (χ1) is 13.5. The standard InChI is InChI=1S/C24H23N3O/c1-27(2)24(28)12-6-16-5-11-20-21(18-9-10-18)14-22(26-23(20)13-16)19-7-3-17(15-25)4-8-19/h3-5,7-8,11,13-14,18H,6,9-10,12H2,1-2H3. The molecule has 1 fully saturated rings. The first kappa shape index (κ1) is 18.2. The van der Waals surface area contributed by atoms with E-state index in [9.17, 15) is 4.79 Å². The molecule has 0 saturated heterocycles. The first-order valence-electron chi connectivity index (χ1n) is 9.69. The van der Waals surface area contributed by atoms with Crippen LogP contribution in [0.2, 0.25) is 0 Å². The van der Waals surface area contributed by atoms with Gasteiger partial charge in [0.05, 0.1) is 22.8 Å². The van der Waals surface area contributed by atoms with Crippen LogP contribution in [0.15, 0.2) is 48.5 Å². The highest BCUT2D eigenvalue weighted by Crippen LogP contribution is 2.44. The Kier molecular flexibility index (Phi) is 4.83. The molecule has 1 saturated carbocycles. The van der Waals surface area contributed by atoms with Gasteiger partial charge in [0.1, 0.15) is 0 Å². The highest BCUT2D eigenvalue weighted by atomic mass is 16.2. The Hall–Kier alpha value is -3.19. The van der Waals surface area contributed by atoms with Crippen molar-refractivity contribution in [2.75, 3.05) is 14.1 Å². The molecule has 0 N–H and O–H groups in total. The van der Waals surface area contributed by atoms with Gasteiger partial charge in [0.25, 0.3) is 0 Å². The van der Waals surface area contributed by atoms with Gasteiger partial charge in [0.15, 0.2) is 0 Å². The van der Waals surface area contributed by atoms with E-state index in [2.05, 4.69) is 30.3 Å². The summed E-state index contributed by atoms with van der Waals surface area (Å²) in [4.78, 5) is 18.5. The topological polar surface area (TPSA) is 57.0 Å². The molecular formula is C24H23N3O. The van der Waals surface area contributed by atoms with Crippen molar-refractivity contribution in [1.82, 2.24) is 9.88 Å². The van der Waals surface area contributed by atoms with Crippen LogP contribution in [-0.4, -0.2) is 29.9 Å². The van der Waals surface area contributed by atoms with Crippen molar-refractivity contribution in [3.63, 3.8) is 0 Å². The van der Waals surface area contributed by atoms with Crippen LogP contribution >= 0.6 is 0 Å². The maximum Gasteiger partial charge on any atom is 0.222 e. The lowest BCUT2D eigenvalue weighted by molar-refractivity contribution is -0.128. The summed E-state index contributed by atoms with van der Waals surface area (Å²) in [6.07, 6.45) is 3.67. The zero-order valence-corrected chi connectivity index (χ0v) is 16.3. The molecule has 0 unspecified atom stereocenters. The second-order valence-corrected chi connectivity index (χ2v) is 7.70. The molecule has 2 aromatic carbocycles. The molecule has 3 aromatic rings. The van der Waals surface area contributed by atoms with Crippen LogP contribution in [0.5, 0.6) is 0 Å². The normalized spacial score (nSPS) is 13.3. The number of carbonyl (C=O) groups is 1. The summed E-state index contributed by atoms with van der Waals surface area (Å²) in [6.45, 7) is 0. The number of pyridine rings is 1. The quantitative estimate of drug-likeness (QED) is 0.656. The molecule has 1 heterocycles. The fourth-order valence-corrected chi connectivity index (χ4v) is 3.53. The third kappa shape index (κ3) is 3.75. The summed E-state index contributed by atoms with van der Waals surface area (Å²) >= 11 is 0. The predicted octanol–water partition coefficient (Wildman–Crippen LogP) is 4.67. The molecule has 0 bridgehead atoms. The monoisotopic (exact) mass is 369 g/mol. The summed E-state index contributed by atoms with van der Waals surface area (Å²) in [5.74, 6) is 0.752. The van der Waals surface area contributed by atoms with Crippen molar-refractivity contribution in [2.45, 2.75) is 31.6 Å². The average molecular weight is 369 g/mol. The fraction of sp³-hybridized carbons (Fsp3) is 0.292. The highest BCUT2D eigenvalue weighted by molar-refractivity contribution is 5.87. The van der Waals surface area contributed by atoms with Gasteiger partial charge in [-0.1, -0.05) is 24.3 Å². The van der Waals surface area contributed by atoms with Crippen LogP contribution in [-0.2, 0) is 11.2 Å². The van der Waals surface area contributed by atoms with Gasteiger partial charge in [0, 0.05) is 31.5 Å². The molecule has 0 spiro atoms. The van der Waals surface area contributed by atoms with Gasteiger partial charge in [-0.3, -0.25) is 4.79 Å². The van der Waals surface area contributed by atoms with Gasteiger partial charge in [-0.15, -0.1) is 0 Å². The number of nitrogens with zero attached hydrogens (tertiary/aromatic N) is 3. The molecule has 140 valence electrons. The van der Waals surface area contributed by atoms with E-state index in [1.807, 2.05) is 24.3 Å². The van der Waals surface area contributed by atoms with E-state index >= 15 is 0 Å². The molecule has 1 aliphatic carbocycles. The number of fused-ring (bicyclic) bond motifs is 1. The second-order valence-electron chi connectivity index (χ2n) is 7.70. The minimum atomic E-state index is 0.137. The summed E-state index contributed by atoms with van der Waals surface area (Å²) in [6, 6.07) is 18.4. The molecule has 28 heavy (non-hydrogen) atoms. The van der Waals surface area contributed by atoms with Crippen molar-refractivity contribution in [3.05, 3.63) is 65.2 Å². The third-order valence-electron chi connectivity index (χ3n) is 5.36. The van der Waals surface area contributed by atoms with Gasteiger partial charge >= 0.3 is 0 Å². The van der Waals surface area contributed by atoms with Crippen LogP contribution < -0.4 is 0 Å². The van der Waals surface area contributed by atoms with E-state index in [0.717, 1.165) is 22.3 Å². The summed E-state index contributed by atoms with van der Waals surface area (Å²) < 4.78 is 0. The van der Waals surface area contributed by atoms with Crippen molar-refractivity contribution < 1.29 is 4.79 Å². The zero-order chi connectivity index (χ0) is 19.7. The Morgan fingerprint density at radius 2 is 1.89 bits per heavy atom. The molecule has 1 aliphatic rings. The maximum atomic E-state index is 11.9. The molecule has 4 rings (SSSR count). The van der Waals surface area contributed by atoms with Gasteiger partial charge in [-0.05, 0) is 60.6 Å². The molecular weight excluding hydrogens is 346 g/mol. The number of nitriles is 1. The highest BCUT2D eigenvalue weighted by Gasteiger charge is 2.26. The second kappa shape index (κ2) is 7.44. The molecule has 4 nitrogen and oxygen atoms in total. The Morgan fingerprint density at radius 3 is 2.54 bits per heavy atom. The van der Waals surface area contributed by atoms with Crippen molar-refractivity contribution in [1.29, 1.82) is 5.26 Å². The lowest BCUT2D eigenvalue weighted by atomic mass is 9.98. The van der Waals surface area contributed by atoms with Crippen LogP contribution in [0.25, 0.3) is 22.2 Å². The zero-order valence-electron chi connectivity index (χ0n) is 16.3. The number of hydrogen-bond acceptors (Lipinski definition) is 3. The Balaban J connectivity index is 1.72. The average Bonchev–Trinajstić information content (AvgIpc) is 3.56. The number of benzene rings is 2. The Morgan fingerprint density at radius 1 is 1.14 bits per heavy atom. The molecule has 0 radical (unpaired) electrons. The Bertz CT molecular complexity index is 1070. The van der Waals surface area contributed by atoms with Gasteiger partial charge in [0.2, 0.25) is 5.91 Å². The summed E-state index contributed by atoms with van der Waals surface area (Å²) in [5, 5.41) is 10.2. The van der Waals surface area contributed by atoms with Gasteiger partial charge in [-0.2, -0.15) is 5.26 Å². The van der Waals surface area contributed by atoms with E-state index in [1.54, 1.807) is 19.0 Å². The summed E-state index contributed by atoms with van der Waals surface area (Å²) in [5.41, 5.74) is 6.10. The lowest BCUT2D eigenvalue weighted by Gasteiger charge is -2.12. The molecule has 4 heteroatoms. The number of aromatic nitrogens is 1. The lowest BCUT2D eigenvalue weighted by Crippen LogP contribution is -2.21. The first-order valence-corrected chi connectivity index (χ1v) is 9.69. The fourth-order valence-electron chi connectivity index (χ4n) is 3.53.